The number of nitrogen functional groups attached to an aromatic ring is 1. The second-order valence-corrected chi connectivity index (χ2v) is 6.91. The summed E-state index contributed by atoms with van der Waals surface area (Å²) in [5.74, 6) is 1.37. The van der Waals surface area contributed by atoms with Crippen molar-refractivity contribution in [2.24, 2.45) is 0 Å². The van der Waals surface area contributed by atoms with Gasteiger partial charge in [0, 0.05) is 17.3 Å². The Hall–Kier alpha value is -2.10. The molecule has 4 heteroatoms. The number of anilines is 2. The normalized spacial score (nSPS) is 16.8. The van der Waals surface area contributed by atoms with Crippen molar-refractivity contribution in [2.75, 3.05) is 10.6 Å². The fourth-order valence-corrected chi connectivity index (χ4v) is 3.66. The maximum Gasteiger partial charge on any atom is 0.228 e. The quantitative estimate of drug-likeness (QED) is 0.894. The van der Waals surface area contributed by atoms with Crippen molar-refractivity contribution in [3.63, 3.8) is 0 Å². The molecule has 0 bridgehead atoms. The van der Waals surface area contributed by atoms with Crippen molar-refractivity contribution in [2.45, 2.75) is 65.0 Å². The molecule has 1 aromatic heterocycles. The minimum atomic E-state index is 0.232. The average Bonchev–Trinajstić information content (AvgIpc) is 2.61. The molecule has 4 nitrogen and oxygen atoms in total. The number of nitrogens with zero attached hydrogens (tertiary/aromatic N) is 3. The Morgan fingerprint density at radius 2 is 1.71 bits per heavy atom. The van der Waals surface area contributed by atoms with E-state index in [0.717, 1.165) is 17.2 Å². The summed E-state index contributed by atoms with van der Waals surface area (Å²) in [7, 11) is 0. The average molecular weight is 324 g/mol. The second kappa shape index (κ2) is 7.20. The summed E-state index contributed by atoms with van der Waals surface area (Å²) in [6.45, 7) is 6.25. The molecular weight excluding hydrogens is 296 g/mol. The summed E-state index contributed by atoms with van der Waals surface area (Å²) >= 11 is 0. The summed E-state index contributed by atoms with van der Waals surface area (Å²) in [5.41, 5.74) is 9.40. The first-order valence-corrected chi connectivity index (χ1v) is 9.02. The Balaban J connectivity index is 2.01. The minimum absolute atomic E-state index is 0.232. The van der Waals surface area contributed by atoms with E-state index in [1.165, 1.54) is 37.7 Å². The number of aromatic nitrogens is 2. The van der Waals surface area contributed by atoms with Gasteiger partial charge in [-0.25, -0.2) is 4.98 Å². The molecule has 0 unspecified atom stereocenters. The highest BCUT2D eigenvalue weighted by atomic mass is 15.3. The van der Waals surface area contributed by atoms with Gasteiger partial charge in [0.25, 0.3) is 0 Å². The zero-order valence-corrected chi connectivity index (χ0v) is 15.0. The van der Waals surface area contributed by atoms with Gasteiger partial charge in [0.1, 0.15) is 5.82 Å². The van der Waals surface area contributed by atoms with Gasteiger partial charge in [-0.2, -0.15) is 4.98 Å². The first kappa shape index (κ1) is 16.7. The van der Waals surface area contributed by atoms with Crippen LogP contribution in [0.1, 0.15) is 61.9 Å². The Kier molecular flexibility index (Phi) is 5.03. The fraction of sp³-hybridized carbons (Fsp3) is 0.500. The van der Waals surface area contributed by atoms with E-state index in [1.807, 2.05) is 13.8 Å². The van der Waals surface area contributed by atoms with Crippen molar-refractivity contribution < 1.29 is 0 Å². The number of aryl methyl sites for hydroxylation is 1. The number of hydrogen-bond donors (Lipinski definition) is 1. The van der Waals surface area contributed by atoms with Crippen molar-refractivity contribution in [1.29, 1.82) is 0 Å². The van der Waals surface area contributed by atoms with Crippen LogP contribution in [0, 0.1) is 13.8 Å². The Morgan fingerprint density at radius 3 is 2.33 bits per heavy atom. The van der Waals surface area contributed by atoms with E-state index < -0.39 is 0 Å². The van der Waals surface area contributed by atoms with E-state index in [-0.39, 0.29) is 6.04 Å². The van der Waals surface area contributed by atoms with Gasteiger partial charge in [0.05, 0.1) is 6.04 Å². The van der Waals surface area contributed by atoms with Crippen molar-refractivity contribution in [3.8, 4) is 0 Å². The molecule has 1 aliphatic carbocycles. The molecular formula is C20H28N4. The van der Waals surface area contributed by atoms with E-state index in [1.54, 1.807) is 0 Å². The van der Waals surface area contributed by atoms with Gasteiger partial charge < -0.3 is 10.6 Å². The Bertz CT molecular complexity index is 654. The van der Waals surface area contributed by atoms with E-state index in [9.17, 15) is 0 Å². The van der Waals surface area contributed by atoms with Gasteiger partial charge in [-0.3, -0.25) is 0 Å². The highest BCUT2D eigenvalue weighted by Gasteiger charge is 2.29. The molecule has 128 valence electrons. The third-order valence-corrected chi connectivity index (χ3v) is 5.31. The van der Waals surface area contributed by atoms with Gasteiger partial charge in [0.15, 0.2) is 0 Å². The second-order valence-electron chi connectivity index (χ2n) is 6.91. The fourth-order valence-electron chi connectivity index (χ4n) is 3.66. The van der Waals surface area contributed by atoms with E-state index in [2.05, 4.69) is 47.1 Å². The smallest absolute Gasteiger partial charge is 0.228 e. The van der Waals surface area contributed by atoms with E-state index >= 15 is 0 Å². The molecule has 1 aliphatic rings. The lowest BCUT2D eigenvalue weighted by atomic mass is 9.92. The predicted molar refractivity (Wildman–Crippen MR) is 100 cm³/mol. The molecule has 24 heavy (non-hydrogen) atoms. The Morgan fingerprint density at radius 1 is 1.04 bits per heavy atom. The number of nitrogens with two attached hydrogens (primary N) is 1. The molecule has 0 amide bonds. The zero-order valence-electron chi connectivity index (χ0n) is 15.0. The van der Waals surface area contributed by atoms with Crippen LogP contribution in [0.3, 0.4) is 0 Å². The maximum absolute atomic E-state index is 6.15. The lowest BCUT2D eigenvalue weighted by molar-refractivity contribution is 0.390. The molecule has 1 saturated carbocycles. The molecule has 2 aromatic rings. The van der Waals surface area contributed by atoms with Crippen molar-refractivity contribution >= 4 is 11.8 Å². The maximum atomic E-state index is 6.15. The number of benzene rings is 1. The van der Waals surface area contributed by atoms with Crippen LogP contribution in [-0.2, 0) is 0 Å². The predicted octanol–water partition coefficient (Wildman–Crippen LogP) is 4.58. The standard InChI is InChI=1S/C20H28N4/c1-14-15(2)22-20(23-19(14)21)24(18-12-8-5-9-13-18)16(3)17-10-6-4-7-11-17/h4,6-7,10-11,16,18H,5,8-9,12-13H2,1-3H3,(H2,21,22,23)/t16-/m1/s1. The largest absolute Gasteiger partial charge is 0.383 e. The van der Waals surface area contributed by atoms with Gasteiger partial charge in [-0.15, -0.1) is 0 Å². The van der Waals surface area contributed by atoms with Gasteiger partial charge in [0.2, 0.25) is 5.95 Å². The summed E-state index contributed by atoms with van der Waals surface area (Å²) in [6.07, 6.45) is 6.30. The molecule has 0 aliphatic heterocycles. The first-order chi connectivity index (χ1) is 11.6. The van der Waals surface area contributed by atoms with Crippen LogP contribution in [0.25, 0.3) is 0 Å². The molecule has 0 radical (unpaired) electrons. The molecule has 1 aromatic carbocycles. The topological polar surface area (TPSA) is 55.0 Å². The summed E-state index contributed by atoms with van der Waals surface area (Å²) in [4.78, 5) is 11.8. The summed E-state index contributed by atoms with van der Waals surface area (Å²) < 4.78 is 0. The van der Waals surface area contributed by atoms with Gasteiger partial charge >= 0.3 is 0 Å². The molecule has 1 heterocycles. The van der Waals surface area contributed by atoms with Crippen LogP contribution in [0.2, 0.25) is 0 Å². The molecule has 2 N–H and O–H groups in total. The van der Waals surface area contributed by atoms with E-state index in [4.69, 9.17) is 10.7 Å². The zero-order chi connectivity index (χ0) is 17.1. The summed E-state index contributed by atoms with van der Waals surface area (Å²) in [6, 6.07) is 11.3. The van der Waals surface area contributed by atoms with Crippen LogP contribution < -0.4 is 10.6 Å². The van der Waals surface area contributed by atoms with Crippen LogP contribution in [0.15, 0.2) is 30.3 Å². The highest BCUT2D eigenvalue weighted by molar-refractivity contribution is 5.49. The highest BCUT2D eigenvalue weighted by Crippen LogP contribution is 2.33. The van der Waals surface area contributed by atoms with Gasteiger partial charge in [-0.05, 0) is 39.2 Å². The third kappa shape index (κ3) is 3.37. The third-order valence-electron chi connectivity index (χ3n) is 5.31. The monoisotopic (exact) mass is 324 g/mol. The molecule has 0 spiro atoms. The minimum Gasteiger partial charge on any atom is -0.383 e. The van der Waals surface area contributed by atoms with Crippen LogP contribution in [-0.4, -0.2) is 16.0 Å². The molecule has 3 rings (SSSR count). The molecule has 1 atom stereocenters. The van der Waals surface area contributed by atoms with Crippen LogP contribution in [0.4, 0.5) is 11.8 Å². The lowest BCUT2D eigenvalue weighted by Crippen LogP contribution is -2.40. The van der Waals surface area contributed by atoms with Crippen LogP contribution in [0.5, 0.6) is 0 Å². The van der Waals surface area contributed by atoms with Crippen LogP contribution >= 0.6 is 0 Å². The first-order valence-electron chi connectivity index (χ1n) is 9.02. The van der Waals surface area contributed by atoms with Gasteiger partial charge in [-0.1, -0.05) is 49.6 Å². The number of rotatable bonds is 4. The summed E-state index contributed by atoms with van der Waals surface area (Å²) in [5, 5.41) is 0. The van der Waals surface area contributed by atoms with Crippen molar-refractivity contribution in [3.05, 3.63) is 47.2 Å². The molecule has 1 fully saturated rings. The SMILES string of the molecule is Cc1nc(N(C2CCCCC2)[C@H](C)c2ccccc2)nc(N)c1C. The Labute approximate surface area is 145 Å². The lowest BCUT2D eigenvalue weighted by Gasteiger charge is -2.39. The van der Waals surface area contributed by atoms with E-state index in [0.29, 0.717) is 11.9 Å². The molecule has 0 saturated heterocycles. The van der Waals surface area contributed by atoms with Crippen molar-refractivity contribution in [1.82, 2.24) is 9.97 Å². The number of hydrogen-bond acceptors (Lipinski definition) is 4.